The third kappa shape index (κ3) is 3.63. The first-order chi connectivity index (χ1) is 11.6. The van der Waals surface area contributed by atoms with E-state index < -0.39 is 9.84 Å². The summed E-state index contributed by atoms with van der Waals surface area (Å²) in [5.74, 6) is 0. The largest absolute Gasteiger partial charge is 0.224 e. The zero-order valence-electron chi connectivity index (χ0n) is 13.4. The highest BCUT2D eigenvalue weighted by Crippen LogP contribution is 2.30. The first kappa shape index (κ1) is 16.2. The molecule has 0 aliphatic carbocycles. The lowest BCUT2D eigenvalue weighted by Crippen LogP contribution is -2.02. The second kappa shape index (κ2) is 6.85. The molecule has 0 saturated heterocycles. The van der Waals surface area contributed by atoms with Gasteiger partial charge in [0.2, 0.25) is 0 Å². The van der Waals surface area contributed by atoms with Crippen molar-refractivity contribution in [2.75, 3.05) is 6.26 Å². The summed E-state index contributed by atoms with van der Waals surface area (Å²) in [4.78, 5) is 0.344. The topological polar surface area (TPSA) is 34.1 Å². The molecule has 0 aliphatic rings. The number of sulfone groups is 1. The number of benzene rings is 3. The van der Waals surface area contributed by atoms with E-state index in [1.165, 1.54) is 6.26 Å². The van der Waals surface area contributed by atoms with Gasteiger partial charge in [0.05, 0.1) is 4.90 Å². The van der Waals surface area contributed by atoms with E-state index in [0.717, 1.165) is 22.3 Å². The lowest BCUT2D eigenvalue weighted by atomic mass is 9.95. The lowest BCUT2D eigenvalue weighted by molar-refractivity contribution is 0.601. The Hall–Kier alpha value is -2.65. The van der Waals surface area contributed by atoms with Crippen LogP contribution in [0.5, 0.6) is 0 Å². The maximum absolute atomic E-state index is 12.2. The summed E-state index contributed by atoms with van der Waals surface area (Å²) < 4.78 is 24.4. The van der Waals surface area contributed by atoms with Crippen LogP contribution in [0.25, 0.3) is 11.6 Å². The first-order valence-electron chi connectivity index (χ1n) is 7.67. The van der Waals surface area contributed by atoms with E-state index in [-0.39, 0.29) is 0 Å². The van der Waals surface area contributed by atoms with Crippen LogP contribution in [0.4, 0.5) is 0 Å². The minimum absolute atomic E-state index is 0.344. The lowest BCUT2D eigenvalue weighted by Gasteiger charge is -2.13. The maximum atomic E-state index is 12.2. The predicted molar refractivity (Wildman–Crippen MR) is 99.4 cm³/mol. The van der Waals surface area contributed by atoms with E-state index in [1.807, 2.05) is 78.9 Å². The number of hydrogen-bond donors (Lipinski definition) is 0. The fraction of sp³-hybridized carbons (Fsp3) is 0.0476. The van der Waals surface area contributed by atoms with Gasteiger partial charge in [-0.05, 0) is 28.8 Å². The minimum Gasteiger partial charge on any atom is -0.224 e. The van der Waals surface area contributed by atoms with Crippen molar-refractivity contribution in [1.82, 2.24) is 0 Å². The van der Waals surface area contributed by atoms with E-state index in [2.05, 4.69) is 0 Å². The van der Waals surface area contributed by atoms with Gasteiger partial charge in [0, 0.05) is 11.8 Å². The molecule has 3 rings (SSSR count). The molecule has 120 valence electrons. The van der Waals surface area contributed by atoms with Crippen LogP contribution in [-0.2, 0) is 9.84 Å². The first-order valence-corrected chi connectivity index (χ1v) is 9.56. The maximum Gasteiger partial charge on any atom is 0.176 e. The van der Waals surface area contributed by atoms with Gasteiger partial charge in [0.15, 0.2) is 9.84 Å². The Kier molecular flexibility index (Phi) is 4.63. The predicted octanol–water partition coefficient (Wildman–Crippen LogP) is 4.68. The molecule has 2 nitrogen and oxygen atoms in total. The fourth-order valence-corrected chi connectivity index (χ4v) is 3.57. The van der Waals surface area contributed by atoms with Crippen LogP contribution in [0.1, 0.15) is 16.7 Å². The van der Waals surface area contributed by atoms with Crippen molar-refractivity contribution in [3.63, 3.8) is 0 Å². The van der Waals surface area contributed by atoms with Gasteiger partial charge in [-0.25, -0.2) is 8.42 Å². The Morgan fingerprint density at radius 2 is 1.29 bits per heavy atom. The third-order valence-electron chi connectivity index (χ3n) is 3.77. The van der Waals surface area contributed by atoms with Gasteiger partial charge in [-0.15, -0.1) is 0 Å². The molecule has 0 N–H and O–H groups in total. The Morgan fingerprint density at radius 3 is 1.92 bits per heavy atom. The molecule has 0 bridgehead atoms. The molecule has 0 radical (unpaired) electrons. The second-order valence-electron chi connectivity index (χ2n) is 5.60. The molecule has 0 unspecified atom stereocenters. The van der Waals surface area contributed by atoms with Crippen LogP contribution in [0.2, 0.25) is 0 Å². The summed E-state index contributed by atoms with van der Waals surface area (Å²) in [6, 6.07) is 26.9. The molecular weight excluding hydrogens is 316 g/mol. The van der Waals surface area contributed by atoms with Crippen molar-refractivity contribution in [2.45, 2.75) is 4.90 Å². The standard InChI is InChI=1S/C21H18O2S/c1-24(22,23)21-15-9-8-14-19(21)20(18-12-6-3-7-13-18)16-17-10-4-2-5-11-17/h2-16H,1H3/b20-16+. The molecule has 24 heavy (non-hydrogen) atoms. The van der Waals surface area contributed by atoms with Gasteiger partial charge >= 0.3 is 0 Å². The van der Waals surface area contributed by atoms with Crippen molar-refractivity contribution < 1.29 is 8.42 Å². The van der Waals surface area contributed by atoms with E-state index in [1.54, 1.807) is 12.1 Å². The number of hydrogen-bond acceptors (Lipinski definition) is 2. The van der Waals surface area contributed by atoms with Gasteiger partial charge in [-0.2, -0.15) is 0 Å². The van der Waals surface area contributed by atoms with E-state index in [4.69, 9.17) is 0 Å². The normalized spacial score (nSPS) is 12.1. The molecular formula is C21H18O2S. The zero-order valence-corrected chi connectivity index (χ0v) is 14.2. The smallest absolute Gasteiger partial charge is 0.176 e. The highest BCUT2D eigenvalue weighted by atomic mass is 32.2. The summed E-state index contributed by atoms with van der Waals surface area (Å²) in [6.07, 6.45) is 3.27. The molecule has 0 saturated carbocycles. The SMILES string of the molecule is CS(=O)(=O)c1ccccc1/C(=C/c1ccccc1)c1ccccc1. The van der Waals surface area contributed by atoms with Gasteiger partial charge in [0.1, 0.15) is 0 Å². The van der Waals surface area contributed by atoms with Gasteiger partial charge in [-0.1, -0.05) is 78.9 Å². The van der Waals surface area contributed by atoms with E-state index in [9.17, 15) is 8.42 Å². The highest BCUT2D eigenvalue weighted by molar-refractivity contribution is 7.90. The average molecular weight is 334 g/mol. The van der Waals surface area contributed by atoms with Gasteiger partial charge < -0.3 is 0 Å². The molecule has 0 amide bonds. The van der Waals surface area contributed by atoms with Crippen molar-refractivity contribution in [3.05, 3.63) is 102 Å². The van der Waals surface area contributed by atoms with Crippen LogP contribution < -0.4 is 0 Å². The van der Waals surface area contributed by atoms with E-state index in [0.29, 0.717) is 4.90 Å². The molecule has 0 fully saturated rings. The van der Waals surface area contributed by atoms with Crippen LogP contribution >= 0.6 is 0 Å². The molecule has 0 spiro atoms. The van der Waals surface area contributed by atoms with Crippen LogP contribution in [0, 0.1) is 0 Å². The Bertz CT molecular complexity index is 957. The summed E-state index contributed by atoms with van der Waals surface area (Å²) in [5, 5.41) is 0. The van der Waals surface area contributed by atoms with Crippen LogP contribution in [0.15, 0.2) is 89.8 Å². The van der Waals surface area contributed by atoms with Crippen molar-refractivity contribution in [1.29, 1.82) is 0 Å². The summed E-state index contributed by atoms with van der Waals surface area (Å²) in [5.41, 5.74) is 3.62. The quantitative estimate of drug-likeness (QED) is 0.649. The minimum atomic E-state index is -3.32. The third-order valence-corrected chi connectivity index (χ3v) is 4.93. The Labute approximate surface area is 143 Å². The summed E-state index contributed by atoms with van der Waals surface area (Å²) in [7, 11) is -3.32. The molecule has 3 aromatic carbocycles. The molecule has 0 heterocycles. The molecule has 3 aromatic rings. The number of rotatable bonds is 4. The summed E-state index contributed by atoms with van der Waals surface area (Å²) in [6.45, 7) is 0. The van der Waals surface area contributed by atoms with Crippen LogP contribution in [-0.4, -0.2) is 14.7 Å². The van der Waals surface area contributed by atoms with Gasteiger partial charge in [-0.3, -0.25) is 0 Å². The molecule has 0 aliphatic heterocycles. The fourth-order valence-electron chi connectivity index (χ4n) is 2.66. The monoisotopic (exact) mass is 334 g/mol. The highest BCUT2D eigenvalue weighted by Gasteiger charge is 2.16. The van der Waals surface area contributed by atoms with Crippen molar-refractivity contribution >= 4 is 21.5 Å². The zero-order chi connectivity index (χ0) is 17.0. The van der Waals surface area contributed by atoms with Crippen molar-refractivity contribution in [3.8, 4) is 0 Å². The van der Waals surface area contributed by atoms with Crippen LogP contribution in [0.3, 0.4) is 0 Å². The second-order valence-corrected chi connectivity index (χ2v) is 7.59. The summed E-state index contributed by atoms with van der Waals surface area (Å²) >= 11 is 0. The molecule has 0 atom stereocenters. The molecule has 3 heteroatoms. The van der Waals surface area contributed by atoms with Crippen molar-refractivity contribution in [2.24, 2.45) is 0 Å². The van der Waals surface area contributed by atoms with E-state index >= 15 is 0 Å². The Balaban J connectivity index is 2.27. The molecule has 0 aromatic heterocycles. The average Bonchev–Trinajstić information content (AvgIpc) is 2.61. The van der Waals surface area contributed by atoms with Gasteiger partial charge in [0.25, 0.3) is 0 Å². The Morgan fingerprint density at radius 1 is 0.750 bits per heavy atom.